The number of carbonyl (C=O) groups is 2. The maximum absolute atomic E-state index is 13.2. The molecule has 1 aliphatic carbocycles. The third-order valence-corrected chi connectivity index (χ3v) is 5.65. The number of amides is 2. The lowest BCUT2D eigenvalue weighted by Crippen LogP contribution is -2.40. The summed E-state index contributed by atoms with van der Waals surface area (Å²) in [6, 6.07) is 10.8. The molecule has 8 nitrogen and oxygen atoms in total. The number of benzene rings is 1. The summed E-state index contributed by atoms with van der Waals surface area (Å²) in [4.78, 5) is 25.3. The molecule has 0 bridgehead atoms. The Bertz CT molecular complexity index is 844. The van der Waals surface area contributed by atoms with Crippen LogP contribution in [0.25, 0.3) is 0 Å². The molecule has 0 spiro atoms. The van der Waals surface area contributed by atoms with E-state index >= 15 is 0 Å². The van der Waals surface area contributed by atoms with Crippen LogP contribution in [0.5, 0.6) is 0 Å². The lowest BCUT2D eigenvalue weighted by atomic mass is 9.93. The maximum atomic E-state index is 13.2. The van der Waals surface area contributed by atoms with Crippen molar-refractivity contribution in [3.05, 3.63) is 53.3 Å². The van der Waals surface area contributed by atoms with Gasteiger partial charge in [0.05, 0.1) is 12.1 Å². The van der Waals surface area contributed by atoms with Crippen LogP contribution < -0.4 is 10.6 Å². The van der Waals surface area contributed by atoms with Gasteiger partial charge in [-0.15, -0.1) is 0 Å². The first-order chi connectivity index (χ1) is 14.6. The molecule has 30 heavy (non-hydrogen) atoms. The molecule has 1 aliphatic rings. The second-order valence-electron chi connectivity index (χ2n) is 7.56. The van der Waals surface area contributed by atoms with Crippen molar-refractivity contribution in [2.24, 2.45) is 0 Å². The molecule has 3 rings (SSSR count). The van der Waals surface area contributed by atoms with Crippen molar-refractivity contribution < 1.29 is 19.4 Å². The van der Waals surface area contributed by atoms with Gasteiger partial charge in [0.1, 0.15) is 5.69 Å². The fraction of sp³-hybridized carbons (Fsp3) is 0.500. The van der Waals surface area contributed by atoms with Crippen molar-refractivity contribution in [1.82, 2.24) is 20.4 Å². The Morgan fingerprint density at radius 1 is 1.20 bits per heavy atom. The number of hydrogen-bond acceptors (Lipinski definition) is 5. The highest BCUT2D eigenvalue weighted by Gasteiger charge is 2.28. The third-order valence-electron chi connectivity index (χ3n) is 5.65. The quantitative estimate of drug-likeness (QED) is 0.612. The Morgan fingerprint density at radius 3 is 2.50 bits per heavy atom. The van der Waals surface area contributed by atoms with Gasteiger partial charge >= 0.3 is 0 Å². The van der Waals surface area contributed by atoms with Gasteiger partial charge in [-0.1, -0.05) is 30.3 Å². The molecule has 1 fully saturated rings. The molecule has 0 saturated heterocycles. The summed E-state index contributed by atoms with van der Waals surface area (Å²) in [6.45, 7) is -0.0726. The van der Waals surface area contributed by atoms with Crippen LogP contribution in [0.3, 0.4) is 0 Å². The maximum Gasteiger partial charge on any atom is 0.271 e. The first kappa shape index (κ1) is 22.0. The summed E-state index contributed by atoms with van der Waals surface area (Å²) in [5.74, 6) is -0.628. The first-order valence-corrected chi connectivity index (χ1v) is 10.4. The zero-order chi connectivity index (χ0) is 21.5. The molecule has 3 N–H and O–H groups in total. The highest BCUT2D eigenvalue weighted by molar-refractivity contribution is 5.98. The number of nitrogens with zero attached hydrogens (tertiary/aromatic N) is 2. The fourth-order valence-corrected chi connectivity index (χ4v) is 3.97. The van der Waals surface area contributed by atoms with Gasteiger partial charge in [-0.3, -0.25) is 14.3 Å². The number of rotatable bonds is 8. The zero-order valence-corrected chi connectivity index (χ0v) is 17.5. The molecule has 1 saturated carbocycles. The third kappa shape index (κ3) is 5.06. The van der Waals surface area contributed by atoms with E-state index in [2.05, 4.69) is 15.7 Å². The van der Waals surface area contributed by atoms with Gasteiger partial charge in [0, 0.05) is 32.9 Å². The standard InChI is InChI=1S/C22H30N4O4/c1-23-21(28)18-14-20(22(29)24-16-8-10-17(30-2)11-9-16)26(25-18)19(12-13-27)15-6-4-3-5-7-15/h3-7,14,16-17,19,27H,8-13H2,1-2H3,(H,23,28)(H,24,29)/t16?,17?,19-/m0/s1. The van der Waals surface area contributed by atoms with Crippen molar-refractivity contribution in [2.45, 2.75) is 50.3 Å². The molecule has 1 aromatic carbocycles. The normalized spacial score (nSPS) is 19.8. The minimum atomic E-state index is -0.362. The van der Waals surface area contributed by atoms with E-state index in [4.69, 9.17) is 4.74 Å². The molecular formula is C22H30N4O4. The summed E-state index contributed by atoms with van der Waals surface area (Å²) in [6.07, 6.45) is 4.12. The Labute approximate surface area is 176 Å². The SMILES string of the molecule is CNC(=O)c1cc(C(=O)NC2CCC(OC)CC2)n([C@@H](CCO)c2ccccc2)n1. The summed E-state index contributed by atoms with van der Waals surface area (Å²) >= 11 is 0. The first-order valence-electron chi connectivity index (χ1n) is 10.4. The molecule has 8 heteroatoms. The van der Waals surface area contributed by atoms with Gasteiger partial charge in [0.25, 0.3) is 11.8 Å². The molecule has 1 atom stereocenters. The molecular weight excluding hydrogens is 384 g/mol. The van der Waals surface area contributed by atoms with Crippen LogP contribution in [-0.2, 0) is 4.74 Å². The number of ether oxygens (including phenoxy) is 1. The Morgan fingerprint density at radius 2 is 1.90 bits per heavy atom. The predicted octanol–water partition coefficient (Wildman–Crippen LogP) is 1.90. The van der Waals surface area contributed by atoms with Crippen LogP contribution in [0, 0.1) is 0 Å². The number of aliphatic hydroxyl groups is 1. The van der Waals surface area contributed by atoms with E-state index < -0.39 is 0 Å². The van der Waals surface area contributed by atoms with Crippen molar-refractivity contribution in [3.8, 4) is 0 Å². The van der Waals surface area contributed by atoms with Crippen LogP contribution >= 0.6 is 0 Å². The van der Waals surface area contributed by atoms with Gasteiger partial charge in [-0.05, 0) is 37.7 Å². The van der Waals surface area contributed by atoms with Crippen LogP contribution in [0.1, 0.15) is 64.7 Å². The highest BCUT2D eigenvalue weighted by Crippen LogP contribution is 2.25. The van der Waals surface area contributed by atoms with Crippen LogP contribution in [-0.4, -0.2) is 59.6 Å². The lowest BCUT2D eigenvalue weighted by molar-refractivity contribution is 0.0597. The number of aromatic nitrogens is 2. The molecule has 2 amide bonds. The minimum absolute atomic E-state index is 0.0590. The summed E-state index contributed by atoms with van der Waals surface area (Å²) in [5, 5.41) is 19.7. The second-order valence-corrected chi connectivity index (χ2v) is 7.56. The summed E-state index contributed by atoms with van der Waals surface area (Å²) < 4.78 is 6.96. The van der Waals surface area contributed by atoms with Crippen LogP contribution in [0.4, 0.5) is 0 Å². The van der Waals surface area contributed by atoms with E-state index in [1.54, 1.807) is 11.8 Å². The van der Waals surface area contributed by atoms with Gasteiger partial charge in [-0.25, -0.2) is 0 Å². The van der Waals surface area contributed by atoms with Crippen molar-refractivity contribution in [3.63, 3.8) is 0 Å². The molecule has 162 valence electrons. The molecule has 2 aromatic rings. The zero-order valence-electron chi connectivity index (χ0n) is 17.5. The number of nitrogens with one attached hydrogen (secondary N) is 2. The van der Waals surface area contributed by atoms with Gasteiger partial charge in [-0.2, -0.15) is 5.10 Å². The number of aliphatic hydroxyl groups excluding tert-OH is 1. The van der Waals surface area contributed by atoms with Gasteiger partial charge in [0.2, 0.25) is 0 Å². The lowest BCUT2D eigenvalue weighted by Gasteiger charge is -2.28. The predicted molar refractivity (Wildman–Crippen MR) is 112 cm³/mol. The number of hydrogen-bond donors (Lipinski definition) is 3. The van der Waals surface area contributed by atoms with E-state index in [9.17, 15) is 14.7 Å². The van der Waals surface area contributed by atoms with Crippen LogP contribution in [0.2, 0.25) is 0 Å². The molecule has 1 heterocycles. The van der Waals surface area contributed by atoms with Crippen molar-refractivity contribution in [1.29, 1.82) is 0 Å². The van der Waals surface area contributed by atoms with Crippen molar-refractivity contribution in [2.75, 3.05) is 20.8 Å². The van der Waals surface area contributed by atoms with Crippen LogP contribution in [0.15, 0.2) is 36.4 Å². The molecule has 0 radical (unpaired) electrons. The monoisotopic (exact) mass is 414 g/mol. The topological polar surface area (TPSA) is 105 Å². The molecule has 0 aliphatic heterocycles. The minimum Gasteiger partial charge on any atom is -0.396 e. The molecule has 0 unspecified atom stereocenters. The average molecular weight is 415 g/mol. The Balaban J connectivity index is 1.89. The van der Waals surface area contributed by atoms with E-state index in [-0.39, 0.29) is 42.3 Å². The van der Waals surface area contributed by atoms with E-state index in [0.29, 0.717) is 12.1 Å². The van der Waals surface area contributed by atoms with Crippen molar-refractivity contribution >= 4 is 11.8 Å². The van der Waals surface area contributed by atoms with E-state index in [0.717, 1.165) is 31.2 Å². The highest BCUT2D eigenvalue weighted by atomic mass is 16.5. The largest absolute Gasteiger partial charge is 0.396 e. The van der Waals surface area contributed by atoms with E-state index in [1.165, 1.54) is 13.1 Å². The fourth-order valence-electron chi connectivity index (χ4n) is 3.97. The molecule has 1 aromatic heterocycles. The second kappa shape index (κ2) is 10.4. The summed E-state index contributed by atoms with van der Waals surface area (Å²) in [5.41, 5.74) is 1.39. The summed E-state index contributed by atoms with van der Waals surface area (Å²) in [7, 11) is 3.24. The smallest absolute Gasteiger partial charge is 0.271 e. The average Bonchev–Trinajstić information content (AvgIpc) is 3.23. The Hall–Kier alpha value is -2.71. The van der Waals surface area contributed by atoms with E-state index in [1.807, 2.05) is 30.3 Å². The van der Waals surface area contributed by atoms with Gasteiger partial charge in [0.15, 0.2) is 5.69 Å². The Kier molecular flexibility index (Phi) is 7.59. The number of carbonyl (C=O) groups excluding carboxylic acids is 2. The van der Waals surface area contributed by atoms with Gasteiger partial charge < -0.3 is 20.5 Å². The number of methoxy groups -OCH3 is 1.